The maximum absolute atomic E-state index is 6.19. The first-order valence-corrected chi connectivity index (χ1v) is 7.44. The van der Waals surface area contributed by atoms with Gasteiger partial charge < -0.3 is 9.64 Å². The minimum Gasteiger partial charge on any atom is -0.367 e. The van der Waals surface area contributed by atoms with Gasteiger partial charge in [0.2, 0.25) is 0 Å². The van der Waals surface area contributed by atoms with Crippen LogP contribution in [0.3, 0.4) is 0 Å². The van der Waals surface area contributed by atoms with E-state index in [1.165, 1.54) is 0 Å². The molecule has 0 amide bonds. The van der Waals surface area contributed by atoms with Gasteiger partial charge in [-0.05, 0) is 6.07 Å². The molecule has 1 aliphatic heterocycles. The maximum Gasteiger partial charge on any atom is 0.147 e. The van der Waals surface area contributed by atoms with Gasteiger partial charge in [0, 0.05) is 24.3 Å². The van der Waals surface area contributed by atoms with Gasteiger partial charge in [0.25, 0.3) is 0 Å². The summed E-state index contributed by atoms with van der Waals surface area (Å²) in [5.74, 6) is 0.746. The van der Waals surface area contributed by atoms with Gasteiger partial charge in [-0.3, -0.25) is 0 Å². The Bertz CT molecular complexity index is 564. The summed E-state index contributed by atoms with van der Waals surface area (Å²) >= 11 is 13.7. The Kier molecular flexibility index (Phi) is 3.88. The summed E-state index contributed by atoms with van der Waals surface area (Å²) in [5, 5.41) is 4.03. The van der Waals surface area contributed by atoms with E-state index in [9.17, 15) is 0 Å². The number of morpholine rings is 1. The predicted molar refractivity (Wildman–Crippen MR) is 77.3 cm³/mol. The van der Waals surface area contributed by atoms with Crippen molar-refractivity contribution >= 4 is 40.4 Å². The van der Waals surface area contributed by atoms with E-state index in [0.717, 1.165) is 17.4 Å². The third kappa shape index (κ3) is 2.84. The molecule has 2 aromatic rings. The quantitative estimate of drug-likeness (QED) is 0.851. The number of hydrogen-bond acceptors (Lipinski definition) is 5. The number of ether oxygens (including phenoxy) is 1. The van der Waals surface area contributed by atoms with Crippen LogP contribution in [0.15, 0.2) is 23.8 Å². The fourth-order valence-corrected chi connectivity index (χ4v) is 3.20. The fourth-order valence-electron chi connectivity index (χ4n) is 2.02. The molecule has 1 atom stereocenters. The molecule has 3 heterocycles. The smallest absolute Gasteiger partial charge is 0.147 e. The number of thiazole rings is 1. The molecule has 0 aromatic carbocycles. The van der Waals surface area contributed by atoms with Crippen molar-refractivity contribution in [2.75, 3.05) is 24.6 Å². The SMILES string of the molecule is Clc1cnc(N2CCO[C@H](c3nccs3)C2)c(Cl)c1. The standard InChI is InChI=1S/C12H11Cl2N3OS/c13-8-5-9(14)11(16-6-8)17-2-3-18-10(7-17)12-15-1-4-19-12/h1,4-6,10H,2-3,7H2/t10-/m0/s1. The zero-order valence-corrected chi connectivity index (χ0v) is 12.3. The van der Waals surface area contributed by atoms with Crippen LogP contribution in [-0.2, 0) is 4.74 Å². The van der Waals surface area contributed by atoms with E-state index < -0.39 is 0 Å². The molecule has 0 unspecified atom stereocenters. The maximum atomic E-state index is 6.19. The number of nitrogens with zero attached hydrogens (tertiary/aromatic N) is 3. The predicted octanol–water partition coefficient (Wildman–Crippen LogP) is 3.42. The largest absolute Gasteiger partial charge is 0.367 e. The summed E-state index contributed by atoms with van der Waals surface area (Å²) in [5.41, 5.74) is 0. The van der Waals surface area contributed by atoms with Crippen LogP contribution in [0.5, 0.6) is 0 Å². The molecule has 2 aromatic heterocycles. The van der Waals surface area contributed by atoms with E-state index in [1.807, 2.05) is 5.38 Å². The van der Waals surface area contributed by atoms with Crippen LogP contribution >= 0.6 is 34.5 Å². The Hall–Kier alpha value is -0.880. The zero-order chi connectivity index (χ0) is 13.2. The lowest BCUT2D eigenvalue weighted by atomic mass is 10.2. The molecule has 0 saturated carbocycles. The highest BCUT2D eigenvalue weighted by atomic mass is 35.5. The summed E-state index contributed by atoms with van der Waals surface area (Å²) < 4.78 is 5.75. The topological polar surface area (TPSA) is 38.2 Å². The molecular formula is C12H11Cl2N3OS. The summed E-state index contributed by atoms with van der Waals surface area (Å²) in [7, 11) is 0. The van der Waals surface area contributed by atoms with Gasteiger partial charge in [-0.2, -0.15) is 0 Å². The van der Waals surface area contributed by atoms with Gasteiger partial charge >= 0.3 is 0 Å². The fraction of sp³-hybridized carbons (Fsp3) is 0.333. The third-order valence-electron chi connectivity index (χ3n) is 2.88. The minimum atomic E-state index is -0.0257. The molecule has 0 bridgehead atoms. The normalized spacial score (nSPS) is 19.7. The molecule has 0 aliphatic carbocycles. The molecule has 7 heteroatoms. The van der Waals surface area contributed by atoms with E-state index >= 15 is 0 Å². The number of halogens is 2. The summed E-state index contributed by atoms with van der Waals surface area (Å²) in [6, 6.07) is 1.71. The lowest BCUT2D eigenvalue weighted by molar-refractivity contribution is 0.0394. The monoisotopic (exact) mass is 315 g/mol. The van der Waals surface area contributed by atoms with Crippen molar-refractivity contribution in [3.05, 3.63) is 38.9 Å². The highest BCUT2D eigenvalue weighted by molar-refractivity contribution is 7.09. The Balaban J connectivity index is 1.81. The molecule has 100 valence electrons. The molecule has 1 fully saturated rings. The molecule has 4 nitrogen and oxygen atoms in total. The van der Waals surface area contributed by atoms with Crippen molar-refractivity contribution in [3.8, 4) is 0 Å². The van der Waals surface area contributed by atoms with Crippen molar-refractivity contribution in [3.63, 3.8) is 0 Å². The Morgan fingerprint density at radius 1 is 1.37 bits per heavy atom. The van der Waals surface area contributed by atoms with E-state index in [1.54, 1.807) is 29.8 Å². The molecule has 0 radical (unpaired) electrons. The second kappa shape index (κ2) is 5.63. The van der Waals surface area contributed by atoms with Gasteiger partial charge in [0.15, 0.2) is 0 Å². The highest BCUT2D eigenvalue weighted by Crippen LogP contribution is 2.31. The third-order valence-corrected chi connectivity index (χ3v) is 4.23. The minimum absolute atomic E-state index is 0.0257. The second-order valence-corrected chi connectivity index (χ2v) is 5.90. The van der Waals surface area contributed by atoms with E-state index in [2.05, 4.69) is 14.9 Å². The first-order chi connectivity index (χ1) is 9.24. The second-order valence-electron chi connectivity index (χ2n) is 4.13. The van der Waals surface area contributed by atoms with Crippen molar-refractivity contribution in [1.82, 2.24) is 9.97 Å². The van der Waals surface area contributed by atoms with Gasteiger partial charge in [-0.25, -0.2) is 9.97 Å². The number of hydrogen-bond donors (Lipinski definition) is 0. The lowest BCUT2D eigenvalue weighted by Gasteiger charge is -2.33. The molecule has 0 N–H and O–H groups in total. The van der Waals surface area contributed by atoms with E-state index in [-0.39, 0.29) is 6.10 Å². The molecular weight excluding hydrogens is 305 g/mol. The van der Waals surface area contributed by atoms with Crippen LogP contribution < -0.4 is 4.90 Å². The average Bonchev–Trinajstić information content (AvgIpc) is 2.93. The van der Waals surface area contributed by atoms with Gasteiger partial charge in [-0.1, -0.05) is 23.2 Å². The number of rotatable bonds is 2. The molecule has 19 heavy (non-hydrogen) atoms. The van der Waals surface area contributed by atoms with Crippen LogP contribution in [0.4, 0.5) is 5.82 Å². The van der Waals surface area contributed by atoms with E-state index in [4.69, 9.17) is 27.9 Å². The van der Waals surface area contributed by atoms with Gasteiger partial charge in [0.1, 0.15) is 16.9 Å². The van der Waals surface area contributed by atoms with Crippen molar-refractivity contribution < 1.29 is 4.74 Å². The van der Waals surface area contributed by atoms with Crippen molar-refractivity contribution in [1.29, 1.82) is 0 Å². The zero-order valence-electron chi connectivity index (χ0n) is 9.92. The number of pyridine rings is 1. The van der Waals surface area contributed by atoms with Crippen LogP contribution in [0.2, 0.25) is 10.0 Å². The molecule has 0 spiro atoms. The Labute approximate surface area is 125 Å². The lowest BCUT2D eigenvalue weighted by Crippen LogP contribution is -2.39. The van der Waals surface area contributed by atoms with Crippen molar-refractivity contribution in [2.24, 2.45) is 0 Å². The van der Waals surface area contributed by atoms with Crippen LogP contribution in [0, 0.1) is 0 Å². The average molecular weight is 316 g/mol. The summed E-state index contributed by atoms with van der Waals surface area (Å²) in [4.78, 5) is 10.7. The molecule has 3 rings (SSSR count). The highest BCUT2D eigenvalue weighted by Gasteiger charge is 2.25. The first-order valence-electron chi connectivity index (χ1n) is 5.81. The molecule has 1 aliphatic rings. The first kappa shape index (κ1) is 13.1. The van der Waals surface area contributed by atoms with Gasteiger partial charge in [0.05, 0.1) is 23.2 Å². The molecule has 1 saturated heterocycles. The Morgan fingerprint density at radius 2 is 2.26 bits per heavy atom. The summed E-state index contributed by atoms with van der Waals surface area (Å²) in [6.07, 6.45) is 3.37. The van der Waals surface area contributed by atoms with E-state index in [0.29, 0.717) is 23.2 Å². The van der Waals surface area contributed by atoms with Crippen LogP contribution in [0.1, 0.15) is 11.1 Å². The summed E-state index contributed by atoms with van der Waals surface area (Å²) in [6.45, 7) is 2.09. The van der Waals surface area contributed by atoms with Gasteiger partial charge in [-0.15, -0.1) is 11.3 Å². The number of aromatic nitrogens is 2. The van der Waals surface area contributed by atoms with Crippen LogP contribution in [0.25, 0.3) is 0 Å². The van der Waals surface area contributed by atoms with Crippen molar-refractivity contribution in [2.45, 2.75) is 6.10 Å². The Morgan fingerprint density at radius 3 is 3.00 bits per heavy atom. The number of anilines is 1. The van der Waals surface area contributed by atoms with Crippen LogP contribution in [-0.4, -0.2) is 29.7 Å².